The number of carboxylic acid groups (broad SMARTS) is 1. The second-order valence-electron chi connectivity index (χ2n) is 8.08. The fourth-order valence-corrected chi connectivity index (χ4v) is 3.37. The Labute approximate surface area is 208 Å². The number of hydrogen-bond donors (Lipinski definition) is 3. The number of rotatable bonds is 21. The predicted octanol–water partition coefficient (Wildman–Crippen LogP) is 2.84. The number of nitrogens with one attached hydrogen (secondary N) is 1. The van der Waals surface area contributed by atoms with Crippen LogP contribution in [0, 0.1) is 0 Å². The zero-order valence-corrected chi connectivity index (χ0v) is 21.8. The second-order valence-corrected chi connectivity index (χ2v) is 8.08. The number of unbranched alkanes of at least 4 members (excludes halogenated alkanes) is 12. The van der Waals surface area contributed by atoms with Crippen molar-refractivity contribution < 1.29 is 45.7 Å². The minimum Gasteiger partial charge on any atom is -1.00 e. The van der Waals surface area contributed by atoms with E-state index >= 15 is 0 Å². The molecule has 0 saturated heterocycles. The molecule has 30 heavy (non-hydrogen) atoms. The van der Waals surface area contributed by atoms with Gasteiger partial charge in [0.05, 0.1) is 0 Å². The number of carbonyl (C=O) groups excluding carboxylic acids is 1. The maximum atomic E-state index is 11.9. The van der Waals surface area contributed by atoms with Crippen LogP contribution < -0.4 is 40.6 Å². The van der Waals surface area contributed by atoms with Crippen molar-refractivity contribution in [3.05, 3.63) is 12.2 Å². The van der Waals surface area contributed by atoms with Crippen molar-refractivity contribution >= 4 is 11.9 Å². The molecule has 0 aromatic heterocycles. The van der Waals surface area contributed by atoms with E-state index in [0.717, 1.165) is 38.5 Å². The van der Waals surface area contributed by atoms with Gasteiger partial charge in [-0.25, -0.2) is 4.79 Å². The van der Waals surface area contributed by atoms with Gasteiger partial charge < -0.3 is 17.6 Å². The zero-order chi connectivity index (χ0) is 21.6. The van der Waals surface area contributed by atoms with Crippen LogP contribution in [0.4, 0.5) is 0 Å². The Morgan fingerprint density at radius 2 is 1.40 bits per heavy atom. The Bertz CT molecular complexity index is 437. The summed E-state index contributed by atoms with van der Waals surface area (Å²) in [4.78, 5) is 23.1. The molecule has 172 valence electrons. The van der Waals surface area contributed by atoms with E-state index in [-0.39, 0.29) is 36.9 Å². The number of carbonyl (C=O) groups is 2. The Morgan fingerprint density at radius 3 is 1.93 bits per heavy atom. The van der Waals surface area contributed by atoms with Crippen molar-refractivity contribution in [3.8, 4) is 0 Å². The minimum atomic E-state index is -0.958. The van der Waals surface area contributed by atoms with Gasteiger partial charge in [0.15, 0.2) is 0 Å². The molecule has 0 aliphatic rings. The van der Waals surface area contributed by atoms with Crippen LogP contribution in [0.15, 0.2) is 12.2 Å². The zero-order valence-electron chi connectivity index (χ0n) is 20.8. The van der Waals surface area contributed by atoms with E-state index in [0.29, 0.717) is 19.4 Å². The third-order valence-corrected chi connectivity index (χ3v) is 5.25. The second kappa shape index (κ2) is 24.9. The maximum absolute atomic E-state index is 11.9. The first-order valence-electron chi connectivity index (χ1n) is 12.0. The van der Waals surface area contributed by atoms with Crippen LogP contribution in [0.3, 0.4) is 0 Å². The van der Waals surface area contributed by atoms with Crippen molar-refractivity contribution in [1.82, 2.24) is 5.32 Å². The van der Waals surface area contributed by atoms with Gasteiger partial charge in [0, 0.05) is 6.42 Å². The summed E-state index contributed by atoms with van der Waals surface area (Å²) in [7, 11) is 0. The minimum absolute atomic E-state index is 0. The summed E-state index contributed by atoms with van der Waals surface area (Å²) < 4.78 is 0. The average Bonchev–Trinajstić information content (AvgIpc) is 2.70. The van der Waals surface area contributed by atoms with Crippen LogP contribution >= 0.6 is 0 Å². The first-order valence-corrected chi connectivity index (χ1v) is 12.0. The summed E-state index contributed by atoms with van der Waals surface area (Å²) in [6, 6.07) is -0.780. The standard InChI is InChI=1S/C24H46N2O3.Na.H/c1-2-3-4-5-6-7-8-9-10-11-12-13-14-15-16-20-23(27)26-22(24(28)29)19-17-18-21-25;;/h9-10,22H,2-8,11-21,25H2,1H3,(H,26,27)(H,28,29);;/q;+1;-1/b10-9-;;/t22-;;/m0../s1. The molecular formula is C24H47N2NaO3. The smallest absolute Gasteiger partial charge is 1.00 e. The number of allylic oxidation sites excluding steroid dienone is 2. The molecule has 6 heteroatoms. The van der Waals surface area contributed by atoms with E-state index in [9.17, 15) is 14.7 Å². The summed E-state index contributed by atoms with van der Waals surface area (Å²) >= 11 is 0. The van der Waals surface area contributed by atoms with Gasteiger partial charge in [-0.1, -0.05) is 70.4 Å². The normalized spacial score (nSPS) is 11.9. The monoisotopic (exact) mass is 434 g/mol. The van der Waals surface area contributed by atoms with Gasteiger partial charge in [-0.15, -0.1) is 0 Å². The number of hydrogen-bond acceptors (Lipinski definition) is 3. The van der Waals surface area contributed by atoms with Crippen molar-refractivity contribution in [2.24, 2.45) is 5.73 Å². The molecule has 5 nitrogen and oxygen atoms in total. The molecule has 0 aliphatic carbocycles. The number of aliphatic carboxylic acids is 1. The van der Waals surface area contributed by atoms with Gasteiger partial charge >= 0.3 is 35.5 Å². The molecule has 4 N–H and O–H groups in total. The van der Waals surface area contributed by atoms with E-state index in [1.165, 1.54) is 57.8 Å². The first-order chi connectivity index (χ1) is 14.1. The largest absolute Gasteiger partial charge is 1.00 e. The molecule has 0 rings (SSSR count). The molecule has 0 aromatic rings. The SMILES string of the molecule is CCCCCCCC/C=C\CCCCCCCC(=O)N[C@@H](CCCCN)C(=O)O.[H-].[Na+]. The van der Waals surface area contributed by atoms with Gasteiger partial charge in [0.1, 0.15) is 6.04 Å². The van der Waals surface area contributed by atoms with Crippen LogP contribution in [-0.2, 0) is 9.59 Å². The van der Waals surface area contributed by atoms with E-state index in [4.69, 9.17) is 5.73 Å². The molecule has 0 spiro atoms. The summed E-state index contributed by atoms with van der Waals surface area (Å²) in [6.07, 6.45) is 22.9. The topological polar surface area (TPSA) is 92.4 Å². The summed E-state index contributed by atoms with van der Waals surface area (Å²) in [5.41, 5.74) is 5.42. The van der Waals surface area contributed by atoms with Crippen molar-refractivity contribution in [1.29, 1.82) is 0 Å². The van der Waals surface area contributed by atoms with Crippen LogP contribution in [0.5, 0.6) is 0 Å². The van der Waals surface area contributed by atoms with Crippen molar-refractivity contribution in [3.63, 3.8) is 0 Å². The van der Waals surface area contributed by atoms with E-state index < -0.39 is 12.0 Å². The van der Waals surface area contributed by atoms with Gasteiger partial charge in [-0.05, 0) is 57.9 Å². The Hall–Kier alpha value is -0.360. The summed E-state index contributed by atoms with van der Waals surface area (Å²) in [5.74, 6) is -1.11. The van der Waals surface area contributed by atoms with Crippen LogP contribution in [0.2, 0.25) is 0 Å². The maximum Gasteiger partial charge on any atom is 1.00 e. The van der Waals surface area contributed by atoms with Crippen molar-refractivity contribution in [2.75, 3.05) is 6.54 Å². The van der Waals surface area contributed by atoms with Crippen LogP contribution in [0.1, 0.15) is 118 Å². The Kier molecular flexibility index (Phi) is 26.4. The molecule has 0 unspecified atom stereocenters. The fraction of sp³-hybridized carbons (Fsp3) is 0.833. The molecule has 0 radical (unpaired) electrons. The molecule has 0 heterocycles. The van der Waals surface area contributed by atoms with Crippen LogP contribution in [-0.4, -0.2) is 29.6 Å². The third kappa shape index (κ3) is 22.3. The molecular weight excluding hydrogens is 387 g/mol. The third-order valence-electron chi connectivity index (χ3n) is 5.25. The molecule has 0 fully saturated rings. The van der Waals surface area contributed by atoms with Gasteiger partial charge in [-0.3, -0.25) is 4.79 Å². The average molecular weight is 435 g/mol. The molecule has 1 atom stereocenters. The molecule has 0 bridgehead atoms. The van der Waals surface area contributed by atoms with Gasteiger partial charge in [0.2, 0.25) is 5.91 Å². The molecule has 0 aliphatic heterocycles. The number of carboxylic acids is 1. The first kappa shape index (κ1) is 31.8. The summed E-state index contributed by atoms with van der Waals surface area (Å²) in [5, 5.41) is 11.8. The van der Waals surface area contributed by atoms with Gasteiger partial charge in [-0.2, -0.15) is 0 Å². The quantitative estimate of drug-likeness (QED) is 0.147. The van der Waals surface area contributed by atoms with E-state index in [1.807, 2.05) is 0 Å². The Morgan fingerprint density at radius 1 is 0.867 bits per heavy atom. The molecule has 0 aromatic carbocycles. The van der Waals surface area contributed by atoms with E-state index in [2.05, 4.69) is 24.4 Å². The van der Waals surface area contributed by atoms with Gasteiger partial charge in [0.25, 0.3) is 0 Å². The van der Waals surface area contributed by atoms with E-state index in [1.54, 1.807) is 0 Å². The number of nitrogens with two attached hydrogens (primary N) is 1. The van der Waals surface area contributed by atoms with Crippen molar-refractivity contribution in [2.45, 2.75) is 122 Å². The Balaban J connectivity index is -0.00000392. The fourth-order valence-electron chi connectivity index (χ4n) is 3.37. The molecule has 0 saturated carbocycles. The molecule has 1 amide bonds. The summed E-state index contributed by atoms with van der Waals surface area (Å²) in [6.45, 7) is 2.80. The van der Waals surface area contributed by atoms with Crippen LogP contribution in [0.25, 0.3) is 0 Å². The number of amides is 1. The predicted molar refractivity (Wildman–Crippen MR) is 123 cm³/mol.